The Morgan fingerprint density at radius 3 is 2.72 bits per heavy atom. The molecular weight excluding hydrogens is 392 g/mol. The Morgan fingerprint density at radius 1 is 1.24 bits per heavy atom. The van der Waals surface area contributed by atoms with Crippen molar-refractivity contribution in [3.8, 4) is 17.1 Å². The molecule has 0 N–H and O–H groups in total. The molecule has 0 spiro atoms. The third-order valence-corrected chi connectivity index (χ3v) is 5.63. The number of methoxy groups -OCH3 is 1. The van der Waals surface area contributed by atoms with Gasteiger partial charge in [0.1, 0.15) is 17.1 Å². The van der Waals surface area contributed by atoms with E-state index in [4.69, 9.17) is 20.9 Å². The molecule has 0 bridgehead atoms. The summed E-state index contributed by atoms with van der Waals surface area (Å²) in [5.41, 5.74) is 2.06. The first-order valence-corrected chi connectivity index (χ1v) is 10.1. The van der Waals surface area contributed by atoms with Gasteiger partial charge in [0, 0.05) is 25.2 Å². The first-order valence-electron chi connectivity index (χ1n) is 9.68. The minimum Gasteiger partial charge on any atom is -0.497 e. The fourth-order valence-electron chi connectivity index (χ4n) is 3.78. The van der Waals surface area contributed by atoms with Crippen molar-refractivity contribution >= 4 is 17.5 Å². The normalized spacial score (nSPS) is 17.2. The number of halogens is 1. The van der Waals surface area contributed by atoms with Gasteiger partial charge >= 0.3 is 0 Å². The van der Waals surface area contributed by atoms with Gasteiger partial charge < -0.3 is 14.2 Å². The second kappa shape index (κ2) is 8.29. The van der Waals surface area contributed by atoms with E-state index in [1.165, 1.54) is 10.9 Å². The fraction of sp³-hybridized carbons (Fsp3) is 0.381. The SMILES string of the molecule is COc1ccc(-c2cc([C@@H]3CCCCCN3C(=O)c3c(Cl)cnn3C)no2)cc1. The average molecular weight is 415 g/mol. The van der Waals surface area contributed by atoms with E-state index in [0.717, 1.165) is 42.7 Å². The van der Waals surface area contributed by atoms with Crippen molar-refractivity contribution in [3.63, 3.8) is 0 Å². The van der Waals surface area contributed by atoms with Gasteiger partial charge in [0.25, 0.3) is 5.91 Å². The number of aromatic nitrogens is 3. The van der Waals surface area contributed by atoms with E-state index in [1.54, 1.807) is 14.2 Å². The molecule has 3 aromatic rings. The van der Waals surface area contributed by atoms with Crippen LogP contribution in [0.5, 0.6) is 5.75 Å². The quantitative estimate of drug-likeness (QED) is 0.628. The second-order valence-electron chi connectivity index (χ2n) is 7.17. The third-order valence-electron chi connectivity index (χ3n) is 5.35. The van der Waals surface area contributed by atoms with Crippen LogP contribution in [0.3, 0.4) is 0 Å². The van der Waals surface area contributed by atoms with Crippen LogP contribution in [0, 0.1) is 0 Å². The Morgan fingerprint density at radius 2 is 2.03 bits per heavy atom. The lowest BCUT2D eigenvalue weighted by Gasteiger charge is -2.28. The largest absolute Gasteiger partial charge is 0.497 e. The number of benzene rings is 1. The number of hydrogen-bond donors (Lipinski definition) is 0. The van der Waals surface area contributed by atoms with E-state index in [2.05, 4.69) is 10.3 Å². The molecule has 0 aliphatic carbocycles. The lowest BCUT2D eigenvalue weighted by atomic mass is 10.0. The number of hydrogen-bond acceptors (Lipinski definition) is 5. The maximum Gasteiger partial charge on any atom is 0.274 e. The highest BCUT2D eigenvalue weighted by Crippen LogP contribution is 2.34. The molecule has 152 valence electrons. The number of carbonyl (C=O) groups is 1. The molecule has 1 fully saturated rings. The molecule has 29 heavy (non-hydrogen) atoms. The van der Waals surface area contributed by atoms with Crippen LogP contribution >= 0.6 is 11.6 Å². The molecule has 1 saturated heterocycles. The van der Waals surface area contributed by atoms with E-state index >= 15 is 0 Å². The summed E-state index contributed by atoms with van der Waals surface area (Å²) in [5, 5.41) is 8.77. The summed E-state index contributed by atoms with van der Waals surface area (Å²) >= 11 is 6.23. The predicted molar refractivity (Wildman–Crippen MR) is 109 cm³/mol. The summed E-state index contributed by atoms with van der Waals surface area (Å²) in [5.74, 6) is 1.32. The fourth-order valence-corrected chi connectivity index (χ4v) is 4.03. The van der Waals surface area contributed by atoms with Crippen LogP contribution < -0.4 is 4.74 Å². The van der Waals surface area contributed by atoms with Gasteiger partial charge in [0.15, 0.2) is 5.76 Å². The Kier molecular flexibility index (Phi) is 5.58. The smallest absolute Gasteiger partial charge is 0.274 e. The molecule has 3 heterocycles. The number of nitrogens with zero attached hydrogens (tertiary/aromatic N) is 4. The number of likely N-dealkylation sites (tertiary alicyclic amines) is 1. The van der Waals surface area contributed by atoms with Gasteiger partial charge in [0.2, 0.25) is 0 Å². The van der Waals surface area contributed by atoms with E-state index in [0.29, 0.717) is 23.0 Å². The van der Waals surface area contributed by atoms with E-state index in [-0.39, 0.29) is 11.9 Å². The molecule has 8 heteroatoms. The summed E-state index contributed by atoms with van der Waals surface area (Å²) in [6.45, 7) is 0.649. The molecule has 1 amide bonds. The number of amides is 1. The molecule has 7 nitrogen and oxygen atoms in total. The number of ether oxygens (including phenoxy) is 1. The Bertz CT molecular complexity index is 976. The van der Waals surface area contributed by atoms with Gasteiger partial charge in [-0.3, -0.25) is 9.48 Å². The maximum absolute atomic E-state index is 13.3. The van der Waals surface area contributed by atoms with Crippen LogP contribution in [-0.2, 0) is 7.05 Å². The van der Waals surface area contributed by atoms with Crippen LogP contribution in [0.25, 0.3) is 11.3 Å². The molecule has 2 aromatic heterocycles. The highest BCUT2D eigenvalue weighted by molar-refractivity contribution is 6.33. The van der Waals surface area contributed by atoms with Crippen LogP contribution in [0.1, 0.15) is 47.9 Å². The van der Waals surface area contributed by atoms with Gasteiger partial charge in [0.05, 0.1) is 24.4 Å². The highest BCUT2D eigenvalue weighted by Gasteiger charge is 2.32. The maximum atomic E-state index is 13.3. The number of aryl methyl sites for hydroxylation is 1. The minimum absolute atomic E-state index is 0.129. The number of carbonyl (C=O) groups excluding carboxylic acids is 1. The van der Waals surface area contributed by atoms with Crippen LogP contribution in [0.15, 0.2) is 41.1 Å². The van der Waals surface area contributed by atoms with Gasteiger partial charge in [-0.05, 0) is 37.1 Å². The summed E-state index contributed by atoms with van der Waals surface area (Å²) in [6.07, 6.45) is 5.37. The van der Waals surface area contributed by atoms with Crippen molar-refractivity contribution in [2.24, 2.45) is 7.05 Å². The summed E-state index contributed by atoms with van der Waals surface area (Å²) < 4.78 is 12.3. The molecule has 0 saturated carbocycles. The summed E-state index contributed by atoms with van der Waals surface area (Å²) in [4.78, 5) is 15.1. The highest BCUT2D eigenvalue weighted by atomic mass is 35.5. The van der Waals surface area contributed by atoms with Crippen molar-refractivity contribution in [3.05, 3.63) is 52.9 Å². The molecular formula is C21H23ClN4O3. The van der Waals surface area contributed by atoms with Gasteiger partial charge in [-0.1, -0.05) is 29.6 Å². The predicted octanol–water partition coefficient (Wildman–Crippen LogP) is 4.49. The minimum atomic E-state index is -0.160. The summed E-state index contributed by atoms with van der Waals surface area (Å²) in [6, 6.07) is 9.37. The first kappa shape index (κ1) is 19.5. The Labute approximate surface area is 174 Å². The Balaban J connectivity index is 1.64. The molecule has 1 aromatic carbocycles. The zero-order valence-electron chi connectivity index (χ0n) is 16.5. The van der Waals surface area contributed by atoms with Crippen molar-refractivity contribution in [2.75, 3.05) is 13.7 Å². The average Bonchev–Trinajstić information content (AvgIpc) is 3.26. The zero-order valence-corrected chi connectivity index (χ0v) is 17.2. The molecule has 0 radical (unpaired) electrons. The van der Waals surface area contributed by atoms with Gasteiger partial charge in [-0.25, -0.2) is 0 Å². The van der Waals surface area contributed by atoms with Crippen LogP contribution in [-0.4, -0.2) is 39.4 Å². The molecule has 1 atom stereocenters. The van der Waals surface area contributed by atoms with E-state index in [9.17, 15) is 4.79 Å². The molecule has 1 aliphatic heterocycles. The third kappa shape index (κ3) is 3.87. The monoisotopic (exact) mass is 414 g/mol. The van der Waals surface area contributed by atoms with Gasteiger partial charge in [-0.2, -0.15) is 5.10 Å². The van der Waals surface area contributed by atoms with E-state index in [1.807, 2.05) is 35.2 Å². The first-order chi connectivity index (χ1) is 14.1. The standard InChI is InChI=1S/C21H23ClN4O3/c1-25-20(16(22)13-23-25)21(27)26-11-5-3-4-6-18(26)17-12-19(29-24-17)14-7-9-15(28-2)10-8-14/h7-10,12-13,18H,3-6,11H2,1-2H3/t18-/m0/s1. The zero-order chi connectivity index (χ0) is 20.4. The number of rotatable bonds is 4. The van der Waals surface area contributed by atoms with Crippen molar-refractivity contribution < 1.29 is 14.1 Å². The lowest BCUT2D eigenvalue weighted by Crippen LogP contribution is -2.36. The van der Waals surface area contributed by atoms with Crippen molar-refractivity contribution in [1.82, 2.24) is 19.8 Å². The van der Waals surface area contributed by atoms with Crippen molar-refractivity contribution in [2.45, 2.75) is 31.7 Å². The Hall–Kier alpha value is -2.80. The van der Waals surface area contributed by atoms with Crippen LogP contribution in [0.2, 0.25) is 5.02 Å². The second-order valence-corrected chi connectivity index (χ2v) is 7.58. The van der Waals surface area contributed by atoms with E-state index < -0.39 is 0 Å². The van der Waals surface area contributed by atoms with Crippen LogP contribution in [0.4, 0.5) is 0 Å². The summed E-state index contributed by atoms with van der Waals surface area (Å²) in [7, 11) is 3.36. The van der Waals surface area contributed by atoms with Crippen molar-refractivity contribution in [1.29, 1.82) is 0 Å². The molecule has 4 rings (SSSR count). The van der Waals surface area contributed by atoms with Gasteiger partial charge in [-0.15, -0.1) is 0 Å². The molecule has 1 aliphatic rings. The topological polar surface area (TPSA) is 73.4 Å². The lowest BCUT2D eigenvalue weighted by molar-refractivity contribution is 0.0663. The molecule has 0 unspecified atom stereocenters.